The number of hydrogen-bond acceptors (Lipinski definition) is 4. The molecule has 1 aliphatic carbocycles. The van der Waals surface area contributed by atoms with Crippen LogP contribution >= 0.6 is 0 Å². The maximum atomic E-state index is 12.0. The third-order valence-corrected chi connectivity index (χ3v) is 4.56. The lowest BCUT2D eigenvalue weighted by atomic mass is 9.99. The Morgan fingerprint density at radius 3 is 2.21 bits per heavy atom. The molecule has 5 nitrogen and oxygen atoms in total. The summed E-state index contributed by atoms with van der Waals surface area (Å²) in [5.74, 6) is 0. The average Bonchev–Trinajstić information content (AvgIpc) is 2.39. The maximum Gasteiger partial charge on any atom is 0.407 e. The molecule has 0 unspecified atom stereocenters. The summed E-state index contributed by atoms with van der Waals surface area (Å²) in [4.78, 5) is 12.0. The number of ether oxygens (including phenoxy) is 2. The van der Waals surface area contributed by atoms with Gasteiger partial charge in [-0.15, -0.1) is 0 Å². The maximum absolute atomic E-state index is 12.0. The third kappa shape index (κ3) is 10.9. The minimum atomic E-state index is -0.292. The largest absolute Gasteiger partial charge is 0.446 e. The fourth-order valence-electron chi connectivity index (χ4n) is 2.86. The highest BCUT2D eigenvalue weighted by atomic mass is 16.6. The molecule has 0 heterocycles. The number of rotatable bonds is 8. The molecule has 24 heavy (non-hydrogen) atoms. The van der Waals surface area contributed by atoms with Crippen LogP contribution in [0.15, 0.2) is 0 Å². The van der Waals surface area contributed by atoms with E-state index in [1.54, 1.807) is 0 Å². The van der Waals surface area contributed by atoms with Gasteiger partial charge in [-0.3, -0.25) is 0 Å². The van der Waals surface area contributed by atoms with Gasteiger partial charge < -0.3 is 20.5 Å². The Labute approximate surface area is 148 Å². The van der Waals surface area contributed by atoms with Crippen LogP contribution in [0.25, 0.3) is 0 Å². The number of hydrogen-bond donors (Lipinski definition) is 2. The van der Waals surface area contributed by atoms with Gasteiger partial charge in [0.2, 0.25) is 0 Å². The fraction of sp³-hybridized carbons (Fsp3) is 0.947. The number of nitrogens with one attached hydrogen (secondary N) is 1. The standard InChI is InChI=1S/C19H38N2O3/c1-18(2,20)13-15-23-19(3,4)12-14-21-17(22)24-16-10-8-6-5-7-9-11-16/h16H,5-15,20H2,1-4H3,(H,21,22). The van der Waals surface area contributed by atoms with E-state index in [9.17, 15) is 4.79 Å². The van der Waals surface area contributed by atoms with Gasteiger partial charge in [-0.25, -0.2) is 4.79 Å². The van der Waals surface area contributed by atoms with Crippen LogP contribution in [0.3, 0.4) is 0 Å². The van der Waals surface area contributed by atoms with Crippen LogP contribution in [0, 0.1) is 0 Å². The zero-order valence-corrected chi connectivity index (χ0v) is 16.2. The van der Waals surface area contributed by atoms with Gasteiger partial charge in [-0.2, -0.15) is 0 Å². The van der Waals surface area contributed by atoms with Crippen molar-refractivity contribution < 1.29 is 14.3 Å². The second-order valence-corrected chi connectivity index (χ2v) is 8.40. The van der Waals surface area contributed by atoms with E-state index in [1.165, 1.54) is 19.3 Å². The molecule has 0 aromatic rings. The Bertz CT molecular complexity index is 356. The van der Waals surface area contributed by atoms with Crippen molar-refractivity contribution in [1.82, 2.24) is 5.32 Å². The molecular formula is C19H38N2O3. The van der Waals surface area contributed by atoms with Crippen LogP contribution in [0.2, 0.25) is 0 Å². The lowest BCUT2D eigenvalue weighted by Gasteiger charge is -2.28. The minimum Gasteiger partial charge on any atom is -0.446 e. The van der Waals surface area contributed by atoms with Crippen molar-refractivity contribution in [2.24, 2.45) is 5.73 Å². The summed E-state index contributed by atoms with van der Waals surface area (Å²) in [6.07, 6.45) is 9.50. The molecule has 1 amide bonds. The quantitative estimate of drug-likeness (QED) is 0.695. The zero-order valence-electron chi connectivity index (χ0n) is 16.2. The van der Waals surface area contributed by atoms with Gasteiger partial charge in [0, 0.05) is 18.7 Å². The first-order valence-corrected chi connectivity index (χ1v) is 9.55. The zero-order chi connectivity index (χ0) is 18.1. The second-order valence-electron chi connectivity index (χ2n) is 8.40. The number of nitrogens with two attached hydrogens (primary N) is 1. The molecule has 1 fully saturated rings. The lowest BCUT2D eigenvalue weighted by Crippen LogP contribution is -2.37. The summed E-state index contributed by atoms with van der Waals surface area (Å²) in [5.41, 5.74) is 5.47. The van der Waals surface area contributed by atoms with Crippen molar-refractivity contribution in [3.63, 3.8) is 0 Å². The van der Waals surface area contributed by atoms with Gasteiger partial charge in [-0.1, -0.05) is 19.3 Å². The van der Waals surface area contributed by atoms with E-state index < -0.39 is 0 Å². The Morgan fingerprint density at radius 1 is 1.04 bits per heavy atom. The Morgan fingerprint density at radius 2 is 1.62 bits per heavy atom. The molecule has 1 aliphatic rings. The number of amides is 1. The summed E-state index contributed by atoms with van der Waals surface area (Å²) >= 11 is 0. The molecule has 1 saturated carbocycles. The molecule has 0 aromatic heterocycles. The van der Waals surface area contributed by atoms with Gasteiger partial charge in [0.05, 0.1) is 5.60 Å². The number of alkyl carbamates (subject to hydrolysis) is 1. The Kier molecular flexibility index (Phi) is 9.06. The molecule has 0 bridgehead atoms. The van der Waals surface area contributed by atoms with Crippen molar-refractivity contribution in [2.75, 3.05) is 13.2 Å². The molecule has 1 rings (SSSR count). The minimum absolute atomic E-state index is 0.0846. The summed E-state index contributed by atoms with van der Waals surface area (Å²) < 4.78 is 11.5. The molecule has 142 valence electrons. The van der Waals surface area contributed by atoms with Crippen molar-refractivity contribution in [3.8, 4) is 0 Å². The SMILES string of the molecule is CC(C)(N)CCOC(C)(C)CCNC(=O)OC1CCCCCCC1. The molecule has 0 aliphatic heterocycles. The fourth-order valence-corrected chi connectivity index (χ4v) is 2.86. The van der Waals surface area contributed by atoms with E-state index in [0.717, 1.165) is 38.5 Å². The number of carbonyl (C=O) groups excluding carboxylic acids is 1. The van der Waals surface area contributed by atoms with E-state index in [-0.39, 0.29) is 23.3 Å². The third-order valence-electron chi connectivity index (χ3n) is 4.56. The highest BCUT2D eigenvalue weighted by Crippen LogP contribution is 2.20. The summed E-state index contributed by atoms with van der Waals surface area (Å²) in [5, 5.41) is 2.86. The highest BCUT2D eigenvalue weighted by Gasteiger charge is 2.21. The first-order chi connectivity index (χ1) is 11.2. The topological polar surface area (TPSA) is 73.6 Å². The highest BCUT2D eigenvalue weighted by molar-refractivity contribution is 5.67. The predicted octanol–water partition coefficient (Wildman–Crippen LogP) is 4.14. The van der Waals surface area contributed by atoms with Crippen LogP contribution in [-0.4, -0.2) is 36.5 Å². The van der Waals surface area contributed by atoms with Gasteiger partial charge in [0.15, 0.2) is 0 Å². The lowest BCUT2D eigenvalue weighted by molar-refractivity contribution is -0.0287. The van der Waals surface area contributed by atoms with Crippen LogP contribution in [0.5, 0.6) is 0 Å². The smallest absolute Gasteiger partial charge is 0.407 e. The van der Waals surface area contributed by atoms with Crippen molar-refractivity contribution in [1.29, 1.82) is 0 Å². The van der Waals surface area contributed by atoms with Gasteiger partial charge in [0.1, 0.15) is 6.10 Å². The first-order valence-electron chi connectivity index (χ1n) is 9.55. The van der Waals surface area contributed by atoms with Crippen molar-refractivity contribution in [2.45, 2.75) is 103 Å². The number of carbonyl (C=O) groups is 1. The Balaban J connectivity index is 2.18. The first kappa shape index (κ1) is 21.2. The molecule has 0 spiro atoms. The molecule has 0 aromatic carbocycles. The van der Waals surface area contributed by atoms with Crippen LogP contribution in [0.1, 0.15) is 85.5 Å². The van der Waals surface area contributed by atoms with Crippen LogP contribution in [0.4, 0.5) is 4.79 Å². The molecule has 0 radical (unpaired) electrons. The summed E-state index contributed by atoms with van der Waals surface area (Å²) in [6.45, 7) is 9.26. The van der Waals surface area contributed by atoms with Gasteiger partial charge in [0.25, 0.3) is 0 Å². The van der Waals surface area contributed by atoms with Crippen molar-refractivity contribution >= 4 is 6.09 Å². The van der Waals surface area contributed by atoms with E-state index in [1.807, 2.05) is 27.7 Å². The molecule has 3 N–H and O–H groups in total. The van der Waals surface area contributed by atoms with Crippen LogP contribution < -0.4 is 11.1 Å². The van der Waals surface area contributed by atoms with E-state index in [2.05, 4.69) is 5.32 Å². The molecule has 0 atom stereocenters. The molecular weight excluding hydrogens is 304 g/mol. The second kappa shape index (κ2) is 10.2. The van der Waals surface area contributed by atoms with E-state index in [0.29, 0.717) is 13.2 Å². The predicted molar refractivity (Wildman–Crippen MR) is 98.1 cm³/mol. The molecule has 0 saturated heterocycles. The van der Waals surface area contributed by atoms with Crippen LogP contribution in [-0.2, 0) is 9.47 Å². The van der Waals surface area contributed by atoms with E-state index in [4.69, 9.17) is 15.2 Å². The van der Waals surface area contributed by atoms with Crippen molar-refractivity contribution in [3.05, 3.63) is 0 Å². The van der Waals surface area contributed by atoms with Gasteiger partial charge >= 0.3 is 6.09 Å². The van der Waals surface area contributed by atoms with E-state index >= 15 is 0 Å². The monoisotopic (exact) mass is 342 g/mol. The normalized spacial score (nSPS) is 17.9. The Hall–Kier alpha value is -0.810. The average molecular weight is 343 g/mol. The molecule has 5 heteroatoms. The van der Waals surface area contributed by atoms with Gasteiger partial charge in [-0.05, 0) is 66.2 Å². The summed E-state index contributed by atoms with van der Waals surface area (Å²) in [6, 6.07) is 0. The summed E-state index contributed by atoms with van der Waals surface area (Å²) in [7, 11) is 0.